The van der Waals surface area contributed by atoms with Crippen LogP contribution in [0.2, 0.25) is 5.02 Å². The summed E-state index contributed by atoms with van der Waals surface area (Å²) in [6.07, 6.45) is 3.88. The SMILES string of the molecule is CCCCCCNC(CC(=O)Nc1cc(Cl)ccc1O)C(=O)O. The van der Waals surface area contributed by atoms with Gasteiger partial charge in [0, 0.05) is 5.02 Å². The lowest BCUT2D eigenvalue weighted by Crippen LogP contribution is -2.40. The van der Waals surface area contributed by atoms with Crippen molar-refractivity contribution in [2.24, 2.45) is 0 Å². The molecular formula is C16H23ClN2O4. The standard InChI is InChI=1S/C16H23ClN2O4/c1-2-3-4-5-8-18-13(16(22)23)10-15(21)19-12-9-11(17)6-7-14(12)20/h6-7,9,13,18,20H,2-5,8,10H2,1H3,(H,19,21)(H,22,23). The topological polar surface area (TPSA) is 98.7 Å². The van der Waals surface area contributed by atoms with Crippen LogP contribution in [-0.2, 0) is 9.59 Å². The smallest absolute Gasteiger partial charge is 0.321 e. The van der Waals surface area contributed by atoms with Crippen molar-refractivity contribution in [3.8, 4) is 5.75 Å². The van der Waals surface area contributed by atoms with Gasteiger partial charge in [0.25, 0.3) is 0 Å². The van der Waals surface area contributed by atoms with Gasteiger partial charge >= 0.3 is 5.97 Å². The fourth-order valence-corrected chi connectivity index (χ4v) is 2.24. The number of halogens is 1. The predicted octanol–water partition coefficient (Wildman–Crippen LogP) is 3.00. The predicted molar refractivity (Wildman–Crippen MR) is 89.9 cm³/mol. The average Bonchev–Trinajstić information content (AvgIpc) is 2.49. The van der Waals surface area contributed by atoms with Crippen LogP contribution in [0, 0.1) is 0 Å². The van der Waals surface area contributed by atoms with E-state index in [0.29, 0.717) is 11.6 Å². The van der Waals surface area contributed by atoms with Gasteiger partial charge in [-0.3, -0.25) is 9.59 Å². The maximum Gasteiger partial charge on any atom is 0.321 e. The zero-order valence-electron chi connectivity index (χ0n) is 13.1. The first-order chi connectivity index (χ1) is 10.9. The number of phenols is 1. The van der Waals surface area contributed by atoms with Crippen molar-refractivity contribution < 1.29 is 19.8 Å². The van der Waals surface area contributed by atoms with Crippen LogP contribution in [0.25, 0.3) is 0 Å². The number of carbonyl (C=O) groups is 2. The number of aromatic hydroxyl groups is 1. The molecule has 1 aromatic rings. The minimum absolute atomic E-state index is 0.123. The molecule has 1 atom stereocenters. The van der Waals surface area contributed by atoms with E-state index in [-0.39, 0.29) is 17.9 Å². The number of hydrogen-bond acceptors (Lipinski definition) is 4. The maximum absolute atomic E-state index is 12.0. The number of nitrogens with one attached hydrogen (secondary N) is 2. The molecule has 0 heterocycles. The highest BCUT2D eigenvalue weighted by Crippen LogP contribution is 2.26. The maximum atomic E-state index is 12.0. The van der Waals surface area contributed by atoms with Crippen molar-refractivity contribution in [2.75, 3.05) is 11.9 Å². The van der Waals surface area contributed by atoms with Gasteiger partial charge in [-0.2, -0.15) is 0 Å². The summed E-state index contributed by atoms with van der Waals surface area (Å²) in [6, 6.07) is 3.30. The Kier molecular flexibility index (Phi) is 8.43. The number of amides is 1. The third-order valence-corrected chi connectivity index (χ3v) is 3.58. The Hall–Kier alpha value is -1.79. The first kappa shape index (κ1) is 19.3. The molecular weight excluding hydrogens is 320 g/mol. The Bertz CT molecular complexity index is 537. The Morgan fingerprint density at radius 2 is 2.00 bits per heavy atom. The van der Waals surface area contributed by atoms with E-state index in [2.05, 4.69) is 17.6 Å². The van der Waals surface area contributed by atoms with E-state index in [4.69, 9.17) is 11.6 Å². The third kappa shape index (κ3) is 7.34. The molecule has 6 nitrogen and oxygen atoms in total. The number of anilines is 1. The highest BCUT2D eigenvalue weighted by Gasteiger charge is 2.21. The number of unbranched alkanes of at least 4 members (excludes halogenated alkanes) is 3. The fourth-order valence-electron chi connectivity index (χ4n) is 2.07. The van der Waals surface area contributed by atoms with Gasteiger partial charge in [-0.1, -0.05) is 37.8 Å². The summed E-state index contributed by atoms with van der Waals surface area (Å²) in [5.74, 6) is -1.70. The van der Waals surface area contributed by atoms with Gasteiger partial charge in [0.1, 0.15) is 11.8 Å². The van der Waals surface area contributed by atoms with Crippen LogP contribution in [0.5, 0.6) is 5.75 Å². The zero-order chi connectivity index (χ0) is 17.2. The number of benzene rings is 1. The Labute approximate surface area is 140 Å². The molecule has 0 saturated heterocycles. The Balaban J connectivity index is 2.50. The molecule has 0 aromatic heterocycles. The molecule has 0 spiro atoms. The van der Waals surface area contributed by atoms with Crippen molar-refractivity contribution >= 4 is 29.2 Å². The number of hydrogen-bond donors (Lipinski definition) is 4. The quantitative estimate of drug-likeness (QED) is 0.387. The van der Waals surface area contributed by atoms with Gasteiger partial charge in [0.15, 0.2) is 0 Å². The van der Waals surface area contributed by atoms with Crippen molar-refractivity contribution in [1.29, 1.82) is 0 Å². The number of rotatable bonds is 10. The second-order valence-electron chi connectivity index (χ2n) is 5.32. The van der Waals surface area contributed by atoms with Crippen LogP contribution in [-0.4, -0.2) is 34.7 Å². The third-order valence-electron chi connectivity index (χ3n) is 3.34. The van der Waals surface area contributed by atoms with Gasteiger partial charge in [-0.05, 0) is 31.2 Å². The van der Waals surface area contributed by atoms with Crippen LogP contribution in [0.15, 0.2) is 18.2 Å². The molecule has 0 aliphatic heterocycles. The normalized spacial score (nSPS) is 11.9. The minimum atomic E-state index is -1.08. The van der Waals surface area contributed by atoms with Gasteiger partial charge in [-0.15, -0.1) is 0 Å². The van der Waals surface area contributed by atoms with E-state index in [1.807, 2.05) is 0 Å². The van der Waals surface area contributed by atoms with E-state index < -0.39 is 17.9 Å². The second-order valence-corrected chi connectivity index (χ2v) is 5.76. The summed E-state index contributed by atoms with van der Waals surface area (Å²) in [5.41, 5.74) is 0.162. The van der Waals surface area contributed by atoms with E-state index in [1.165, 1.54) is 18.2 Å². The lowest BCUT2D eigenvalue weighted by Gasteiger charge is -2.15. The van der Waals surface area contributed by atoms with Crippen LogP contribution in [0.1, 0.15) is 39.0 Å². The molecule has 0 aliphatic carbocycles. The van der Waals surface area contributed by atoms with Gasteiger partial charge in [0.2, 0.25) is 5.91 Å². The van der Waals surface area contributed by atoms with Gasteiger partial charge in [0.05, 0.1) is 12.1 Å². The lowest BCUT2D eigenvalue weighted by molar-refractivity contribution is -0.141. The molecule has 4 N–H and O–H groups in total. The first-order valence-electron chi connectivity index (χ1n) is 7.68. The van der Waals surface area contributed by atoms with Crippen molar-refractivity contribution in [2.45, 2.75) is 45.1 Å². The number of carboxylic acid groups (broad SMARTS) is 1. The Morgan fingerprint density at radius 3 is 2.65 bits per heavy atom. The van der Waals surface area contributed by atoms with Gasteiger partial charge < -0.3 is 20.8 Å². The molecule has 0 aliphatic rings. The highest BCUT2D eigenvalue weighted by molar-refractivity contribution is 6.31. The number of carbonyl (C=O) groups excluding carboxylic acids is 1. The second kappa shape index (κ2) is 10.1. The van der Waals surface area contributed by atoms with E-state index in [0.717, 1.165) is 25.7 Å². The lowest BCUT2D eigenvalue weighted by atomic mass is 10.1. The molecule has 0 fully saturated rings. The average molecular weight is 343 g/mol. The Morgan fingerprint density at radius 1 is 1.26 bits per heavy atom. The molecule has 128 valence electrons. The molecule has 0 bridgehead atoms. The van der Waals surface area contributed by atoms with Crippen LogP contribution in [0.4, 0.5) is 5.69 Å². The molecule has 7 heteroatoms. The summed E-state index contributed by atoms with van der Waals surface area (Å²) in [5, 5.41) is 24.5. The van der Waals surface area contributed by atoms with Crippen LogP contribution >= 0.6 is 11.6 Å². The van der Waals surface area contributed by atoms with Crippen molar-refractivity contribution in [3.05, 3.63) is 23.2 Å². The number of phenolic OH excluding ortho intramolecular Hbond substituents is 1. The summed E-state index contributed by atoms with van der Waals surface area (Å²) in [7, 11) is 0. The number of aliphatic carboxylic acids is 1. The molecule has 23 heavy (non-hydrogen) atoms. The zero-order valence-corrected chi connectivity index (χ0v) is 13.9. The minimum Gasteiger partial charge on any atom is -0.506 e. The van der Waals surface area contributed by atoms with E-state index >= 15 is 0 Å². The monoisotopic (exact) mass is 342 g/mol. The summed E-state index contributed by atoms with van der Waals surface area (Å²) >= 11 is 5.80. The molecule has 1 amide bonds. The van der Waals surface area contributed by atoms with Crippen LogP contribution < -0.4 is 10.6 Å². The molecule has 1 aromatic carbocycles. The van der Waals surface area contributed by atoms with Crippen LogP contribution in [0.3, 0.4) is 0 Å². The van der Waals surface area contributed by atoms with Gasteiger partial charge in [-0.25, -0.2) is 0 Å². The fraction of sp³-hybridized carbons (Fsp3) is 0.500. The molecule has 1 unspecified atom stereocenters. The summed E-state index contributed by atoms with van der Waals surface area (Å²) in [4.78, 5) is 23.2. The molecule has 0 saturated carbocycles. The summed E-state index contributed by atoms with van der Waals surface area (Å²) in [6.45, 7) is 2.65. The summed E-state index contributed by atoms with van der Waals surface area (Å²) < 4.78 is 0. The molecule has 1 rings (SSSR count). The highest BCUT2D eigenvalue weighted by atomic mass is 35.5. The van der Waals surface area contributed by atoms with E-state index in [9.17, 15) is 19.8 Å². The van der Waals surface area contributed by atoms with Crippen molar-refractivity contribution in [1.82, 2.24) is 5.32 Å². The van der Waals surface area contributed by atoms with E-state index in [1.54, 1.807) is 0 Å². The first-order valence-corrected chi connectivity index (χ1v) is 8.06. The largest absolute Gasteiger partial charge is 0.506 e. The van der Waals surface area contributed by atoms with Crippen molar-refractivity contribution in [3.63, 3.8) is 0 Å². The molecule has 0 radical (unpaired) electrons. The number of carboxylic acids is 1.